The van der Waals surface area contributed by atoms with E-state index >= 15 is 0 Å². The zero-order chi connectivity index (χ0) is 21.3. The molecule has 1 aliphatic heterocycles. The smallest absolute Gasteiger partial charge is 0.294 e. The minimum atomic E-state index is -0.194. The molecule has 158 valence electrons. The molecule has 0 aromatic carbocycles. The molecule has 4 heterocycles. The molecule has 1 amide bonds. The lowest BCUT2D eigenvalue weighted by molar-refractivity contribution is -0.125. The van der Waals surface area contributed by atoms with Crippen molar-refractivity contribution in [1.29, 1.82) is 0 Å². The molecule has 0 aliphatic carbocycles. The summed E-state index contributed by atoms with van der Waals surface area (Å²) >= 11 is 0. The van der Waals surface area contributed by atoms with E-state index in [-0.39, 0.29) is 17.4 Å². The largest absolute Gasteiger partial charge is 0.361 e. The molecule has 4 rings (SSSR count). The second-order valence-electron chi connectivity index (χ2n) is 7.77. The van der Waals surface area contributed by atoms with Gasteiger partial charge in [-0.25, -0.2) is 9.97 Å². The van der Waals surface area contributed by atoms with E-state index in [0.717, 1.165) is 29.9 Å². The summed E-state index contributed by atoms with van der Waals surface area (Å²) in [5.41, 5.74) is 2.93. The Morgan fingerprint density at radius 3 is 2.97 bits per heavy atom. The van der Waals surface area contributed by atoms with Gasteiger partial charge in [-0.1, -0.05) is 5.16 Å². The Balaban J connectivity index is 1.44. The van der Waals surface area contributed by atoms with Crippen LogP contribution in [0.2, 0.25) is 0 Å². The van der Waals surface area contributed by atoms with Crippen LogP contribution in [0.25, 0.3) is 11.2 Å². The summed E-state index contributed by atoms with van der Waals surface area (Å²) in [6.07, 6.45) is 3.96. The number of anilines is 1. The lowest BCUT2D eigenvalue weighted by Crippen LogP contribution is -2.45. The van der Waals surface area contributed by atoms with Gasteiger partial charge in [0.2, 0.25) is 5.91 Å². The van der Waals surface area contributed by atoms with E-state index in [9.17, 15) is 9.59 Å². The molecule has 9 nitrogen and oxygen atoms in total. The Bertz CT molecular complexity index is 1120. The predicted octanol–water partition coefficient (Wildman–Crippen LogP) is 1.51. The number of carbonyl (C=O) groups excluding carboxylic acids is 1. The maximum absolute atomic E-state index is 12.8. The number of aromatic nitrogens is 4. The summed E-state index contributed by atoms with van der Waals surface area (Å²) in [4.78, 5) is 36.3. The molecular formula is C21H26N6O3. The molecule has 1 unspecified atom stereocenters. The van der Waals surface area contributed by atoms with Crippen molar-refractivity contribution in [3.05, 3.63) is 45.7 Å². The predicted molar refractivity (Wildman–Crippen MR) is 112 cm³/mol. The molecule has 1 fully saturated rings. The fraction of sp³-hybridized carbons (Fsp3) is 0.476. The molecule has 3 aromatic rings. The van der Waals surface area contributed by atoms with Gasteiger partial charge in [0, 0.05) is 38.4 Å². The summed E-state index contributed by atoms with van der Waals surface area (Å²) in [5.74, 6) is 0.995. The van der Waals surface area contributed by atoms with Crippen LogP contribution in [0.5, 0.6) is 0 Å². The Hall–Kier alpha value is -3.23. The van der Waals surface area contributed by atoms with E-state index in [1.807, 2.05) is 24.8 Å². The van der Waals surface area contributed by atoms with Crippen LogP contribution < -0.4 is 15.8 Å². The highest BCUT2D eigenvalue weighted by atomic mass is 16.5. The van der Waals surface area contributed by atoms with Crippen LogP contribution in [0.15, 0.2) is 27.6 Å². The van der Waals surface area contributed by atoms with Crippen molar-refractivity contribution < 1.29 is 9.32 Å². The van der Waals surface area contributed by atoms with Gasteiger partial charge in [0.05, 0.1) is 11.6 Å². The number of aryl methyl sites for hydroxylation is 3. The summed E-state index contributed by atoms with van der Waals surface area (Å²) in [7, 11) is 1.70. The highest BCUT2D eigenvalue weighted by molar-refractivity contribution is 5.79. The van der Waals surface area contributed by atoms with E-state index in [1.54, 1.807) is 19.3 Å². The third-order valence-electron chi connectivity index (χ3n) is 5.75. The first-order chi connectivity index (χ1) is 14.5. The first kappa shape index (κ1) is 20.1. The fourth-order valence-electron chi connectivity index (χ4n) is 4.05. The third-order valence-corrected chi connectivity index (χ3v) is 5.75. The van der Waals surface area contributed by atoms with Gasteiger partial charge < -0.3 is 14.7 Å². The zero-order valence-electron chi connectivity index (χ0n) is 17.5. The van der Waals surface area contributed by atoms with Gasteiger partial charge in [-0.2, -0.15) is 0 Å². The Labute approximate surface area is 174 Å². The molecule has 3 aromatic heterocycles. The van der Waals surface area contributed by atoms with E-state index in [4.69, 9.17) is 4.52 Å². The van der Waals surface area contributed by atoms with Crippen LogP contribution in [-0.4, -0.2) is 45.2 Å². The Morgan fingerprint density at radius 2 is 2.20 bits per heavy atom. The molecular weight excluding hydrogens is 384 g/mol. The van der Waals surface area contributed by atoms with Crippen molar-refractivity contribution in [2.75, 3.05) is 24.5 Å². The number of fused-ring (bicyclic) bond motifs is 1. The molecule has 0 spiro atoms. The third kappa shape index (κ3) is 3.79. The molecule has 1 N–H and O–H groups in total. The van der Waals surface area contributed by atoms with Crippen molar-refractivity contribution in [2.45, 2.75) is 33.1 Å². The zero-order valence-corrected chi connectivity index (χ0v) is 17.5. The second-order valence-corrected chi connectivity index (χ2v) is 7.77. The van der Waals surface area contributed by atoms with Crippen molar-refractivity contribution in [3.63, 3.8) is 0 Å². The van der Waals surface area contributed by atoms with Crippen molar-refractivity contribution in [1.82, 2.24) is 25.0 Å². The molecule has 30 heavy (non-hydrogen) atoms. The molecule has 1 atom stereocenters. The van der Waals surface area contributed by atoms with E-state index in [0.29, 0.717) is 43.0 Å². The number of nitrogens with one attached hydrogen (secondary N) is 1. The van der Waals surface area contributed by atoms with Gasteiger partial charge in [-0.05, 0) is 45.2 Å². The van der Waals surface area contributed by atoms with Crippen LogP contribution in [-0.2, 0) is 18.3 Å². The van der Waals surface area contributed by atoms with Crippen LogP contribution in [0, 0.1) is 19.8 Å². The molecule has 9 heteroatoms. The normalized spacial score (nSPS) is 16.8. The van der Waals surface area contributed by atoms with Crippen LogP contribution in [0.4, 0.5) is 5.82 Å². The standard InChI is InChI=1S/C21H26N6O3/c1-13-16(14(2)30-25-13)8-10-23-20(28)15-6-5-11-27(12-15)19-21(29)26(3)18-17(24-19)7-4-9-22-18/h4,7,9,15H,5-6,8,10-12H2,1-3H3,(H,23,28). The number of amides is 1. The van der Waals surface area contributed by atoms with Gasteiger partial charge >= 0.3 is 0 Å². The number of hydrogen-bond acceptors (Lipinski definition) is 7. The van der Waals surface area contributed by atoms with Gasteiger partial charge in [0.25, 0.3) is 5.56 Å². The number of nitrogens with zero attached hydrogens (tertiary/aromatic N) is 5. The fourth-order valence-corrected chi connectivity index (χ4v) is 4.05. The van der Waals surface area contributed by atoms with Gasteiger partial charge in [0.1, 0.15) is 11.3 Å². The average Bonchev–Trinajstić information content (AvgIpc) is 3.08. The van der Waals surface area contributed by atoms with Crippen LogP contribution >= 0.6 is 0 Å². The molecule has 0 saturated carbocycles. The molecule has 0 radical (unpaired) electrons. The number of hydrogen-bond donors (Lipinski definition) is 1. The lowest BCUT2D eigenvalue weighted by Gasteiger charge is -2.32. The monoisotopic (exact) mass is 410 g/mol. The molecule has 0 bridgehead atoms. The highest BCUT2D eigenvalue weighted by Crippen LogP contribution is 2.21. The van der Waals surface area contributed by atoms with Gasteiger partial charge in [0.15, 0.2) is 11.5 Å². The summed E-state index contributed by atoms with van der Waals surface area (Å²) < 4.78 is 6.69. The van der Waals surface area contributed by atoms with Crippen LogP contribution in [0.3, 0.4) is 0 Å². The topological polar surface area (TPSA) is 106 Å². The maximum atomic E-state index is 12.8. The van der Waals surface area contributed by atoms with Crippen molar-refractivity contribution >= 4 is 22.9 Å². The minimum Gasteiger partial charge on any atom is -0.361 e. The summed E-state index contributed by atoms with van der Waals surface area (Å²) in [6, 6.07) is 3.64. The Morgan fingerprint density at radius 1 is 1.37 bits per heavy atom. The number of piperidine rings is 1. The number of pyridine rings is 1. The maximum Gasteiger partial charge on any atom is 0.294 e. The lowest BCUT2D eigenvalue weighted by atomic mass is 9.97. The first-order valence-electron chi connectivity index (χ1n) is 10.2. The van der Waals surface area contributed by atoms with Crippen LogP contribution in [0.1, 0.15) is 29.9 Å². The van der Waals surface area contributed by atoms with Crippen molar-refractivity contribution in [3.8, 4) is 0 Å². The summed E-state index contributed by atoms with van der Waals surface area (Å²) in [6.45, 7) is 5.49. The van der Waals surface area contributed by atoms with Crippen molar-refractivity contribution in [2.24, 2.45) is 13.0 Å². The number of rotatable bonds is 5. The second kappa shape index (κ2) is 8.25. The first-order valence-corrected chi connectivity index (χ1v) is 10.2. The van der Waals surface area contributed by atoms with E-state index < -0.39 is 0 Å². The quantitative estimate of drug-likeness (QED) is 0.679. The van der Waals surface area contributed by atoms with Gasteiger partial charge in [-0.3, -0.25) is 14.2 Å². The highest BCUT2D eigenvalue weighted by Gasteiger charge is 2.28. The van der Waals surface area contributed by atoms with E-state index in [2.05, 4.69) is 20.4 Å². The SMILES string of the molecule is Cc1noc(C)c1CCNC(=O)C1CCCN(c2nc3cccnc3n(C)c2=O)C1. The molecule has 1 aliphatic rings. The van der Waals surface area contributed by atoms with Gasteiger partial charge in [-0.15, -0.1) is 0 Å². The number of carbonyl (C=O) groups is 1. The summed E-state index contributed by atoms with van der Waals surface area (Å²) in [5, 5.41) is 6.97. The molecule has 1 saturated heterocycles. The van der Waals surface area contributed by atoms with E-state index in [1.165, 1.54) is 4.57 Å². The Kier molecular flexibility index (Phi) is 5.52. The average molecular weight is 410 g/mol. The minimum absolute atomic E-state index is 0.00531.